The second-order valence-electron chi connectivity index (χ2n) is 4.31. The Balaban J connectivity index is 2.28. The SMILES string of the molecule is CC(C)CC1Oc2c(n[nH]c2C(=O)O)NC1=O. The molecule has 92 valence electrons. The van der Waals surface area contributed by atoms with Gasteiger partial charge in [0.05, 0.1) is 0 Å². The number of nitrogens with one attached hydrogen (secondary N) is 2. The van der Waals surface area contributed by atoms with Gasteiger partial charge in [-0.3, -0.25) is 9.89 Å². The second-order valence-corrected chi connectivity index (χ2v) is 4.31. The number of aromatic nitrogens is 2. The van der Waals surface area contributed by atoms with E-state index < -0.39 is 12.1 Å². The van der Waals surface area contributed by atoms with E-state index in [2.05, 4.69) is 15.5 Å². The van der Waals surface area contributed by atoms with Gasteiger partial charge >= 0.3 is 5.97 Å². The quantitative estimate of drug-likeness (QED) is 0.725. The van der Waals surface area contributed by atoms with Gasteiger partial charge in [0.25, 0.3) is 5.91 Å². The summed E-state index contributed by atoms with van der Waals surface area (Å²) in [5.74, 6) is -0.963. The number of hydrogen-bond donors (Lipinski definition) is 3. The van der Waals surface area contributed by atoms with E-state index in [1.165, 1.54) is 0 Å². The van der Waals surface area contributed by atoms with Crippen LogP contribution in [0, 0.1) is 5.92 Å². The van der Waals surface area contributed by atoms with Gasteiger partial charge in [0.1, 0.15) is 0 Å². The highest BCUT2D eigenvalue weighted by Crippen LogP contribution is 2.32. The highest BCUT2D eigenvalue weighted by molar-refractivity contribution is 6.00. The Hall–Kier alpha value is -2.05. The molecule has 1 aliphatic heterocycles. The molecule has 0 saturated heterocycles. The van der Waals surface area contributed by atoms with Crippen molar-refractivity contribution in [1.29, 1.82) is 0 Å². The Morgan fingerprint density at radius 2 is 2.29 bits per heavy atom. The molecule has 7 heteroatoms. The summed E-state index contributed by atoms with van der Waals surface area (Å²) in [7, 11) is 0. The highest BCUT2D eigenvalue weighted by atomic mass is 16.5. The Bertz CT molecular complexity index is 466. The third kappa shape index (κ3) is 2.08. The fraction of sp³-hybridized carbons (Fsp3) is 0.500. The van der Waals surface area contributed by atoms with Gasteiger partial charge in [-0.2, -0.15) is 5.10 Å². The van der Waals surface area contributed by atoms with Gasteiger partial charge in [0.15, 0.2) is 23.4 Å². The Morgan fingerprint density at radius 3 is 2.88 bits per heavy atom. The van der Waals surface area contributed by atoms with Gasteiger partial charge in [-0.15, -0.1) is 0 Å². The van der Waals surface area contributed by atoms with E-state index in [9.17, 15) is 9.59 Å². The Morgan fingerprint density at radius 1 is 1.59 bits per heavy atom. The molecule has 0 radical (unpaired) electrons. The number of ether oxygens (including phenoxy) is 1. The van der Waals surface area contributed by atoms with Crippen molar-refractivity contribution in [1.82, 2.24) is 10.2 Å². The molecule has 7 nitrogen and oxygen atoms in total. The second kappa shape index (κ2) is 4.08. The molecule has 0 fully saturated rings. The summed E-state index contributed by atoms with van der Waals surface area (Å²) in [6.45, 7) is 3.92. The number of carbonyl (C=O) groups excluding carboxylic acids is 1. The van der Waals surface area contributed by atoms with Crippen molar-refractivity contribution < 1.29 is 19.4 Å². The standard InChI is InChI=1S/C10H13N3O4/c1-4(2)3-5-9(14)11-8-7(17-5)6(10(15)16)12-13-8/h4-5H,3H2,1-2H3,(H,15,16)(H2,11,12,13,14). The van der Waals surface area contributed by atoms with Gasteiger partial charge < -0.3 is 15.2 Å². The van der Waals surface area contributed by atoms with Crippen LogP contribution < -0.4 is 10.1 Å². The first-order valence-electron chi connectivity index (χ1n) is 5.28. The van der Waals surface area contributed by atoms with Gasteiger partial charge in [-0.05, 0) is 12.3 Å². The van der Waals surface area contributed by atoms with Crippen molar-refractivity contribution in [2.75, 3.05) is 5.32 Å². The number of carbonyl (C=O) groups is 2. The van der Waals surface area contributed by atoms with Crippen LogP contribution in [0.4, 0.5) is 5.82 Å². The number of amides is 1. The summed E-state index contributed by atoms with van der Waals surface area (Å²) in [5.41, 5.74) is -0.145. The topological polar surface area (TPSA) is 104 Å². The normalized spacial score (nSPS) is 18.5. The van der Waals surface area contributed by atoms with Crippen molar-refractivity contribution >= 4 is 17.7 Å². The zero-order valence-corrected chi connectivity index (χ0v) is 9.48. The van der Waals surface area contributed by atoms with Crippen LogP contribution in [0.2, 0.25) is 0 Å². The van der Waals surface area contributed by atoms with Crippen LogP contribution in [0.5, 0.6) is 5.75 Å². The van der Waals surface area contributed by atoms with Gasteiger partial charge in [0.2, 0.25) is 0 Å². The predicted molar refractivity (Wildman–Crippen MR) is 58.0 cm³/mol. The molecule has 0 bridgehead atoms. The van der Waals surface area contributed by atoms with Crippen LogP contribution in [-0.4, -0.2) is 33.3 Å². The third-order valence-electron chi connectivity index (χ3n) is 2.42. The first-order chi connectivity index (χ1) is 7.99. The van der Waals surface area contributed by atoms with Crippen LogP contribution >= 0.6 is 0 Å². The van der Waals surface area contributed by atoms with Crippen molar-refractivity contribution in [2.24, 2.45) is 5.92 Å². The summed E-state index contributed by atoms with van der Waals surface area (Å²) < 4.78 is 5.40. The zero-order chi connectivity index (χ0) is 12.6. The van der Waals surface area contributed by atoms with E-state index in [4.69, 9.17) is 9.84 Å². The van der Waals surface area contributed by atoms with Crippen molar-refractivity contribution in [3.63, 3.8) is 0 Å². The van der Waals surface area contributed by atoms with Crippen molar-refractivity contribution in [3.8, 4) is 5.75 Å². The van der Waals surface area contributed by atoms with Crippen LogP contribution in [0.25, 0.3) is 0 Å². The lowest BCUT2D eigenvalue weighted by molar-refractivity contribution is -0.124. The highest BCUT2D eigenvalue weighted by Gasteiger charge is 2.33. The molecule has 3 N–H and O–H groups in total. The van der Waals surface area contributed by atoms with Gasteiger partial charge in [-0.1, -0.05) is 13.8 Å². The summed E-state index contributed by atoms with van der Waals surface area (Å²) in [6.07, 6.45) is -0.145. The maximum Gasteiger partial charge on any atom is 0.357 e. The largest absolute Gasteiger partial charge is 0.476 e. The molecule has 0 aliphatic carbocycles. The molecule has 1 aliphatic rings. The number of rotatable bonds is 3. The molecule has 17 heavy (non-hydrogen) atoms. The smallest absolute Gasteiger partial charge is 0.357 e. The van der Waals surface area contributed by atoms with E-state index in [-0.39, 0.29) is 29.1 Å². The Kier molecular flexibility index (Phi) is 2.74. The number of hydrogen-bond acceptors (Lipinski definition) is 4. The monoisotopic (exact) mass is 239 g/mol. The summed E-state index contributed by atoms with van der Waals surface area (Å²) >= 11 is 0. The molecular weight excluding hydrogens is 226 g/mol. The zero-order valence-electron chi connectivity index (χ0n) is 9.48. The lowest BCUT2D eigenvalue weighted by atomic mass is 10.0. The van der Waals surface area contributed by atoms with E-state index in [1.807, 2.05) is 13.8 Å². The number of aromatic carboxylic acids is 1. The molecule has 1 atom stereocenters. The van der Waals surface area contributed by atoms with E-state index in [0.29, 0.717) is 6.42 Å². The Labute approximate surface area is 97.2 Å². The summed E-state index contributed by atoms with van der Waals surface area (Å²) in [4.78, 5) is 22.5. The number of fused-ring (bicyclic) bond motifs is 1. The first-order valence-corrected chi connectivity index (χ1v) is 5.28. The third-order valence-corrected chi connectivity index (χ3v) is 2.42. The lowest BCUT2D eigenvalue weighted by Crippen LogP contribution is -2.38. The maximum atomic E-state index is 11.6. The predicted octanol–water partition coefficient (Wildman–Crippen LogP) is 0.853. The van der Waals surface area contributed by atoms with Crippen LogP contribution in [0.1, 0.15) is 30.8 Å². The molecule has 0 spiro atoms. The minimum atomic E-state index is -1.17. The molecule has 1 aromatic heterocycles. The van der Waals surface area contributed by atoms with Crippen LogP contribution in [0.15, 0.2) is 0 Å². The van der Waals surface area contributed by atoms with E-state index in [1.54, 1.807) is 0 Å². The molecule has 1 aromatic rings. The van der Waals surface area contributed by atoms with Crippen molar-refractivity contribution in [3.05, 3.63) is 5.69 Å². The fourth-order valence-corrected chi connectivity index (χ4v) is 1.65. The van der Waals surface area contributed by atoms with Gasteiger partial charge in [0, 0.05) is 0 Å². The number of carboxylic acid groups (broad SMARTS) is 1. The molecule has 1 amide bonds. The number of carboxylic acids is 1. The van der Waals surface area contributed by atoms with Crippen LogP contribution in [-0.2, 0) is 4.79 Å². The average Bonchev–Trinajstić information content (AvgIpc) is 2.60. The first kappa shape index (κ1) is 11.4. The minimum Gasteiger partial charge on any atom is -0.476 e. The van der Waals surface area contributed by atoms with Crippen molar-refractivity contribution in [2.45, 2.75) is 26.4 Å². The molecule has 2 rings (SSSR count). The molecule has 0 saturated carbocycles. The van der Waals surface area contributed by atoms with E-state index in [0.717, 1.165) is 0 Å². The van der Waals surface area contributed by atoms with Crippen LogP contribution in [0.3, 0.4) is 0 Å². The fourth-order valence-electron chi connectivity index (χ4n) is 1.65. The van der Waals surface area contributed by atoms with Gasteiger partial charge in [-0.25, -0.2) is 4.79 Å². The number of H-pyrrole nitrogens is 1. The molecular formula is C10H13N3O4. The summed E-state index contributed by atoms with van der Waals surface area (Å²) in [5, 5.41) is 17.4. The molecule has 1 unspecified atom stereocenters. The number of nitrogens with zero attached hydrogens (tertiary/aromatic N) is 1. The summed E-state index contributed by atoms with van der Waals surface area (Å²) in [6, 6.07) is 0. The average molecular weight is 239 g/mol. The molecule has 2 heterocycles. The molecule has 0 aromatic carbocycles. The van der Waals surface area contributed by atoms with E-state index >= 15 is 0 Å². The number of aromatic amines is 1. The minimum absolute atomic E-state index is 0.0998. The number of anilines is 1. The lowest BCUT2D eigenvalue weighted by Gasteiger charge is -2.24. The maximum absolute atomic E-state index is 11.6.